The zero-order valence-electron chi connectivity index (χ0n) is 17.4. The predicted octanol–water partition coefficient (Wildman–Crippen LogP) is 4.42. The predicted molar refractivity (Wildman–Crippen MR) is 124 cm³/mol. The molecule has 7 heteroatoms. The fourth-order valence-electron chi connectivity index (χ4n) is 3.63. The Hall–Kier alpha value is -1.82. The number of hydrogen-bond donors (Lipinski definition) is 1. The molecule has 0 radical (unpaired) electrons. The van der Waals surface area contributed by atoms with Gasteiger partial charge in [0.2, 0.25) is 0 Å². The van der Waals surface area contributed by atoms with E-state index in [1.54, 1.807) is 6.20 Å². The molecule has 0 atom stereocenters. The van der Waals surface area contributed by atoms with E-state index < -0.39 is 0 Å². The molecule has 0 unspecified atom stereocenters. The van der Waals surface area contributed by atoms with Crippen molar-refractivity contribution >= 4 is 30.7 Å². The Morgan fingerprint density at radius 1 is 1.13 bits per heavy atom. The molecule has 1 aliphatic heterocycles. The summed E-state index contributed by atoms with van der Waals surface area (Å²) in [6.45, 7) is 5.19. The van der Waals surface area contributed by atoms with Crippen LogP contribution in [0, 0.1) is 12.8 Å². The summed E-state index contributed by atoms with van der Waals surface area (Å²) in [5.74, 6) is 1.77. The first kappa shape index (κ1) is 24.4. The molecule has 164 valence electrons. The van der Waals surface area contributed by atoms with Crippen LogP contribution < -0.4 is 10.1 Å². The molecule has 5 nitrogen and oxygen atoms in total. The first-order chi connectivity index (χ1) is 13.7. The van der Waals surface area contributed by atoms with Crippen LogP contribution >= 0.6 is 24.8 Å². The van der Waals surface area contributed by atoms with E-state index in [1.165, 1.54) is 12.8 Å². The number of ether oxygens (including phenoxy) is 1. The summed E-state index contributed by atoms with van der Waals surface area (Å²) in [4.78, 5) is 19.1. The third-order valence-electron chi connectivity index (χ3n) is 5.64. The Morgan fingerprint density at radius 2 is 1.90 bits per heavy atom. The van der Waals surface area contributed by atoms with Gasteiger partial charge in [-0.3, -0.25) is 9.78 Å². The molecule has 1 aliphatic carbocycles. The van der Waals surface area contributed by atoms with Crippen molar-refractivity contribution in [3.05, 3.63) is 59.4 Å². The van der Waals surface area contributed by atoms with Crippen LogP contribution in [0.3, 0.4) is 0 Å². The number of aryl methyl sites for hydroxylation is 1. The molecule has 0 spiro atoms. The zero-order valence-corrected chi connectivity index (χ0v) is 19.0. The maximum atomic E-state index is 12.9. The van der Waals surface area contributed by atoms with Gasteiger partial charge in [-0.2, -0.15) is 0 Å². The minimum absolute atomic E-state index is 0. The molecule has 2 fully saturated rings. The van der Waals surface area contributed by atoms with E-state index in [9.17, 15) is 4.79 Å². The van der Waals surface area contributed by atoms with Gasteiger partial charge in [0.1, 0.15) is 12.4 Å². The lowest BCUT2D eigenvalue weighted by atomic mass is 10.0. The van der Waals surface area contributed by atoms with Crippen LogP contribution in [-0.2, 0) is 6.61 Å². The standard InChI is InChI=1S/C23H29N3O2.2ClH/c1-17-5-8-22(15-24-17)28-16-19-3-2-4-20(13-19)23(27)26-11-9-21(10-12-26)25-14-18-6-7-18;;/h2-5,8,13,15,18,21,25H,6-7,9-12,14,16H2,1H3;2*1H. The van der Waals surface area contributed by atoms with E-state index in [4.69, 9.17) is 4.74 Å². The van der Waals surface area contributed by atoms with E-state index in [0.717, 1.165) is 61.0 Å². The molecule has 0 bridgehead atoms. The first-order valence-corrected chi connectivity index (χ1v) is 10.3. The van der Waals surface area contributed by atoms with Gasteiger partial charge in [0.15, 0.2) is 0 Å². The van der Waals surface area contributed by atoms with Crippen LogP contribution in [0.2, 0.25) is 0 Å². The van der Waals surface area contributed by atoms with E-state index in [2.05, 4.69) is 10.3 Å². The monoisotopic (exact) mass is 451 g/mol. The number of nitrogens with zero attached hydrogens (tertiary/aromatic N) is 2. The highest BCUT2D eigenvalue weighted by molar-refractivity contribution is 5.94. The number of aromatic nitrogens is 1. The van der Waals surface area contributed by atoms with Crippen molar-refractivity contribution in [2.24, 2.45) is 5.92 Å². The van der Waals surface area contributed by atoms with Gasteiger partial charge in [0.25, 0.3) is 5.91 Å². The number of halogens is 2. The number of benzene rings is 1. The van der Waals surface area contributed by atoms with Gasteiger partial charge in [-0.05, 0) is 74.9 Å². The normalized spacial score (nSPS) is 16.4. The molecule has 30 heavy (non-hydrogen) atoms. The fraction of sp³-hybridized carbons (Fsp3) is 0.478. The quantitative estimate of drug-likeness (QED) is 0.676. The van der Waals surface area contributed by atoms with Crippen molar-refractivity contribution in [3.63, 3.8) is 0 Å². The Kier molecular flexibility index (Phi) is 9.40. The van der Waals surface area contributed by atoms with Crippen molar-refractivity contribution in [1.82, 2.24) is 15.2 Å². The fourth-order valence-corrected chi connectivity index (χ4v) is 3.63. The summed E-state index contributed by atoms with van der Waals surface area (Å²) in [6, 6.07) is 12.2. The van der Waals surface area contributed by atoms with Crippen molar-refractivity contribution < 1.29 is 9.53 Å². The van der Waals surface area contributed by atoms with Gasteiger partial charge >= 0.3 is 0 Å². The van der Waals surface area contributed by atoms with Crippen LogP contribution in [0.25, 0.3) is 0 Å². The summed E-state index contributed by atoms with van der Waals surface area (Å²) in [7, 11) is 0. The highest BCUT2D eigenvalue weighted by atomic mass is 35.5. The van der Waals surface area contributed by atoms with E-state index in [1.807, 2.05) is 48.2 Å². The Labute approximate surface area is 191 Å². The third-order valence-corrected chi connectivity index (χ3v) is 5.64. The van der Waals surface area contributed by atoms with Gasteiger partial charge < -0.3 is 15.0 Å². The Balaban J connectivity index is 0.00000160. The van der Waals surface area contributed by atoms with E-state index in [-0.39, 0.29) is 30.7 Å². The summed E-state index contributed by atoms with van der Waals surface area (Å²) >= 11 is 0. The minimum Gasteiger partial charge on any atom is -0.487 e. The molecule has 2 aliphatic rings. The number of likely N-dealkylation sites (tertiary alicyclic amines) is 1. The van der Waals surface area contributed by atoms with Crippen LogP contribution in [0.5, 0.6) is 5.75 Å². The number of rotatable bonds is 7. The molecule has 1 N–H and O–H groups in total. The van der Waals surface area contributed by atoms with Crippen LogP contribution in [-0.4, -0.2) is 41.5 Å². The summed E-state index contributed by atoms with van der Waals surface area (Å²) < 4.78 is 5.80. The lowest BCUT2D eigenvalue weighted by Gasteiger charge is -2.32. The smallest absolute Gasteiger partial charge is 0.253 e. The molecular formula is C23H31Cl2N3O2. The van der Waals surface area contributed by atoms with Crippen molar-refractivity contribution in [3.8, 4) is 5.75 Å². The molecule has 2 heterocycles. The van der Waals surface area contributed by atoms with Gasteiger partial charge in [-0.25, -0.2) is 0 Å². The number of carbonyl (C=O) groups excluding carboxylic acids is 1. The maximum Gasteiger partial charge on any atom is 0.253 e. The van der Waals surface area contributed by atoms with Crippen LogP contribution in [0.4, 0.5) is 0 Å². The average molecular weight is 452 g/mol. The van der Waals surface area contributed by atoms with E-state index in [0.29, 0.717) is 12.6 Å². The number of piperidine rings is 1. The summed E-state index contributed by atoms with van der Waals surface area (Å²) in [5.41, 5.74) is 2.70. The number of pyridine rings is 1. The van der Waals surface area contributed by atoms with Crippen LogP contribution in [0.1, 0.15) is 47.3 Å². The SMILES string of the molecule is Cc1ccc(OCc2cccc(C(=O)N3CCC(NCC4CC4)CC3)c2)cn1.Cl.Cl. The maximum absolute atomic E-state index is 12.9. The lowest BCUT2D eigenvalue weighted by molar-refractivity contribution is 0.0705. The highest BCUT2D eigenvalue weighted by Crippen LogP contribution is 2.28. The van der Waals surface area contributed by atoms with Crippen molar-refractivity contribution in [2.45, 2.75) is 45.3 Å². The summed E-state index contributed by atoms with van der Waals surface area (Å²) in [6.07, 6.45) is 6.57. The Morgan fingerprint density at radius 3 is 2.57 bits per heavy atom. The largest absolute Gasteiger partial charge is 0.487 e. The molecule has 4 rings (SSSR count). The van der Waals surface area contributed by atoms with Crippen LogP contribution in [0.15, 0.2) is 42.6 Å². The number of amides is 1. The van der Waals surface area contributed by atoms with Crippen molar-refractivity contribution in [2.75, 3.05) is 19.6 Å². The minimum atomic E-state index is 0. The molecule has 2 aromatic rings. The average Bonchev–Trinajstić information content (AvgIpc) is 3.56. The van der Waals surface area contributed by atoms with E-state index >= 15 is 0 Å². The number of nitrogens with one attached hydrogen (secondary N) is 1. The van der Waals surface area contributed by atoms with Gasteiger partial charge in [-0.15, -0.1) is 24.8 Å². The second-order valence-corrected chi connectivity index (χ2v) is 8.04. The topological polar surface area (TPSA) is 54.5 Å². The highest BCUT2D eigenvalue weighted by Gasteiger charge is 2.26. The second kappa shape index (κ2) is 11.5. The summed E-state index contributed by atoms with van der Waals surface area (Å²) in [5, 5.41) is 3.67. The molecule has 1 aromatic carbocycles. The molecule has 1 amide bonds. The first-order valence-electron chi connectivity index (χ1n) is 10.3. The lowest BCUT2D eigenvalue weighted by Crippen LogP contribution is -2.45. The Bertz CT molecular complexity index is 804. The van der Waals surface area contributed by atoms with Crippen molar-refractivity contribution in [1.29, 1.82) is 0 Å². The molecule has 1 aromatic heterocycles. The molecule has 1 saturated heterocycles. The molecular weight excluding hydrogens is 421 g/mol. The number of carbonyl (C=O) groups is 1. The second-order valence-electron chi connectivity index (χ2n) is 8.04. The van der Waals surface area contributed by atoms with Gasteiger partial charge in [0, 0.05) is 30.4 Å². The van der Waals surface area contributed by atoms with Gasteiger partial charge in [0.05, 0.1) is 6.20 Å². The van der Waals surface area contributed by atoms with Gasteiger partial charge in [-0.1, -0.05) is 12.1 Å². The molecule has 1 saturated carbocycles. The zero-order chi connectivity index (χ0) is 19.3. The third kappa shape index (κ3) is 6.86. The number of hydrogen-bond acceptors (Lipinski definition) is 4.